The van der Waals surface area contributed by atoms with Gasteiger partial charge in [-0.15, -0.1) is 0 Å². The third-order valence-corrected chi connectivity index (χ3v) is 7.31. The summed E-state index contributed by atoms with van der Waals surface area (Å²) in [5.41, 5.74) is 0.677. The summed E-state index contributed by atoms with van der Waals surface area (Å²) in [6.07, 6.45) is 1.23. The highest BCUT2D eigenvalue weighted by Gasteiger charge is 2.40. The molecular formula is C20H20Cl2N2O5S. The number of ether oxygens (including phenoxy) is 2. The molecule has 7 nitrogen and oxygen atoms in total. The molecule has 2 aromatic carbocycles. The number of carbonyl (C=O) groups excluding carboxylic acids is 1. The van der Waals surface area contributed by atoms with Crippen molar-refractivity contribution in [3.05, 3.63) is 58.1 Å². The van der Waals surface area contributed by atoms with Crippen LogP contribution in [0.2, 0.25) is 10.0 Å². The number of likely N-dealkylation sites (tertiary alicyclic amines) is 1. The second-order valence-electron chi connectivity index (χ2n) is 7.16. The molecule has 0 atom stereocenters. The largest absolute Gasteiger partial charge is 0.347 e. The molecule has 1 N–H and O–H groups in total. The molecule has 2 aliphatic rings. The summed E-state index contributed by atoms with van der Waals surface area (Å²) in [5.74, 6) is -0.730. The van der Waals surface area contributed by atoms with Crippen LogP contribution in [0.5, 0.6) is 0 Å². The maximum Gasteiger partial charge on any atom is 0.261 e. The fraction of sp³-hybridized carbons (Fsp3) is 0.350. The molecule has 2 aromatic rings. The van der Waals surface area contributed by atoms with Gasteiger partial charge in [-0.2, -0.15) is 0 Å². The summed E-state index contributed by atoms with van der Waals surface area (Å²) in [6.45, 7) is 2.18. The van der Waals surface area contributed by atoms with E-state index in [4.69, 9.17) is 32.7 Å². The van der Waals surface area contributed by atoms with Crippen molar-refractivity contribution in [3.63, 3.8) is 0 Å². The maximum absolute atomic E-state index is 12.9. The first-order valence-electron chi connectivity index (χ1n) is 9.43. The lowest BCUT2D eigenvalue weighted by Crippen LogP contribution is -2.47. The molecule has 2 aliphatic heterocycles. The molecule has 2 saturated heterocycles. The van der Waals surface area contributed by atoms with Crippen molar-refractivity contribution in [1.82, 2.24) is 4.90 Å². The maximum atomic E-state index is 12.9. The Labute approximate surface area is 184 Å². The SMILES string of the molecule is O=C(c1cccc(NS(=O)(=O)c2ccc(Cl)c(Cl)c2)c1)N1CCC2(CC1)OCCO2. The molecule has 30 heavy (non-hydrogen) atoms. The number of benzene rings is 2. The molecule has 0 unspecified atom stereocenters. The Balaban J connectivity index is 1.47. The van der Waals surface area contributed by atoms with Gasteiger partial charge in [-0.1, -0.05) is 29.3 Å². The standard InChI is InChI=1S/C20H20Cl2N2O5S/c21-17-5-4-16(13-18(17)22)30(26,27)23-15-3-1-2-14(12-15)19(25)24-8-6-20(7-9-24)28-10-11-29-20/h1-5,12-13,23H,6-11H2. The quantitative estimate of drug-likeness (QED) is 0.734. The Morgan fingerprint density at radius 1 is 1.00 bits per heavy atom. The Morgan fingerprint density at radius 2 is 1.70 bits per heavy atom. The minimum atomic E-state index is -3.89. The van der Waals surface area contributed by atoms with Crippen molar-refractivity contribution in [1.29, 1.82) is 0 Å². The summed E-state index contributed by atoms with van der Waals surface area (Å²) < 4.78 is 39.2. The van der Waals surface area contributed by atoms with Crippen molar-refractivity contribution in [3.8, 4) is 0 Å². The van der Waals surface area contributed by atoms with Gasteiger partial charge >= 0.3 is 0 Å². The van der Waals surface area contributed by atoms with Crippen molar-refractivity contribution < 1.29 is 22.7 Å². The Kier molecular flexibility index (Phi) is 5.96. The highest BCUT2D eigenvalue weighted by Crippen LogP contribution is 2.32. The number of nitrogens with one attached hydrogen (secondary N) is 1. The summed E-state index contributed by atoms with van der Waals surface area (Å²) in [7, 11) is -3.89. The molecule has 4 rings (SSSR count). The molecule has 2 fully saturated rings. The van der Waals surface area contributed by atoms with E-state index < -0.39 is 15.8 Å². The van der Waals surface area contributed by atoms with E-state index in [1.807, 2.05) is 0 Å². The van der Waals surface area contributed by atoms with Crippen LogP contribution in [-0.2, 0) is 19.5 Å². The molecule has 1 spiro atoms. The predicted octanol–water partition coefficient (Wildman–Crippen LogP) is 3.77. The number of piperidine rings is 1. The van der Waals surface area contributed by atoms with E-state index in [2.05, 4.69) is 4.72 Å². The minimum Gasteiger partial charge on any atom is -0.347 e. The number of hydrogen-bond acceptors (Lipinski definition) is 5. The number of anilines is 1. The number of rotatable bonds is 4. The van der Waals surface area contributed by atoms with Crippen LogP contribution < -0.4 is 4.72 Å². The van der Waals surface area contributed by atoms with Gasteiger partial charge in [0, 0.05) is 37.2 Å². The lowest BCUT2D eigenvalue weighted by molar-refractivity contribution is -0.181. The molecule has 0 aromatic heterocycles. The van der Waals surface area contributed by atoms with Gasteiger partial charge in [0.2, 0.25) is 0 Å². The Bertz CT molecular complexity index is 1060. The van der Waals surface area contributed by atoms with Crippen LogP contribution in [0, 0.1) is 0 Å². The van der Waals surface area contributed by atoms with Crippen LogP contribution in [0.1, 0.15) is 23.2 Å². The van der Waals surface area contributed by atoms with E-state index >= 15 is 0 Å². The summed E-state index contributed by atoms with van der Waals surface area (Å²) in [4.78, 5) is 14.6. The highest BCUT2D eigenvalue weighted by atomic mass is 35.5. The number of hydrogen-bond donors (Lipinski definition) is 1. The molecule has 0 bridgehead atoms. The van der Waals surface area contributed by atoms with E-state index in [1.54, 1.807) is 23.1 Å². The monoisotopic (exact) mass is 470 g/mol. The van der Waals surface area contributed by atoms with Gasteiger partial charge in [-0.05, 0) is 36.4 Å². The first-order valence-corrected chi connectivity index (χ1v) is 11.7. The average Bonchev–Trinajstić information content (AvgIpc) is 3.18. The number of nitrogens with zero attached hydrogens (tertiary/aromatic N) is 1. The minimum absolute atomic E-state index is 0.0217. The molecule has 160 valence electrons. The normalized spacial score (nSPS) is 18.5. The van der Waals surface area contributed by atoms with Gasteiger partial charge < -0.3 is 14.4 Å². The zero-order valence-electron chi connectivity index (χ0n) is 15.9. The molecule has 2 heterocycles. The molecule has 0 radical (unpaired) electrons. The summed E-state index contributed by atoms with van der Waals surface area (Å²) in [6, 6.07) is 10.4. The first kappa shape index (κ1) is 21.4. The van der Waals surface area contributed by atoms with Crippen LogP contribution in [0.15, 0.2) is 47.4 Å². The number of sulfonamides is 1. The second-order valence-corrected chi connectivity index (χ2v) is 9.66. The molecule has 0 saturated carbocycles. The Morgan fingerprint density at radius 3 is 2.37 bits per heavy atom. The van der Waals surface area contributed by atoms with Crippen molar-refractivity contribution in [2.24, 2.45) is 0 Å². The van der Waals surface area contributed by atoms with E-state index in [0.717, 1.165) is 0 Å². The van der Waals surface area contributed by atoms with E-state index in [9.17, 15) is 13.2 Å². The molecule has 10 heteroatoms. The van der Waals surface area contributed by atoms with Gasteiger partial charge in [0.05, 0.1) is 28.2 Å². The van der Waals surface area contributed by atoms with Crippen molar-refractivity contribution in [2.75, 3.05) is 31.0 Å². The van der Waals surface area contributed by atoms with Crippen LogP contribution in [0.4, 0.5) is 5.69 Å². The second kappa shape index (κ2) is 8.36. The zero-order chi connectivity index (χ0) is 21.4. The lowest BCUT2D eigenvalue weighted by Gasteiger charge is -2.37. The van der Waals surface area contributed by atoms with Crippen molar-refractivity contribution >= 4 is 44.8 Å². The summed E-state index contributed by atoms with van der Waals surface area (Å²) in [5, 5.41) is 0.404. The van der Waals surface area contributed by atoms with E-state index in [1.165, 1.54) is 24.3 Å². The summed E-state index contributed by atoms with van der Waals surface area (Å²) >= 11 is 11.8. The van der Waals surface area contributed by atoms with E-state index in [0.29, 0.717) is 44.7 Å². The predicted molar refractivity (Wildman–Crippen MR) is 113 cm³/mol. The van der Waals surface area contributed by atoms with Crippen molar-refractivity contribution in [2.45, 2.75) is 23.5 Å². The van der Waals surface area contributed by atoms with Gasteiger partial charge in [0.25, 0.3) is 15.9 Å². The third kappa shape index (κ3) is 4.43. The van der Waals surface area contributed by atoms with Crippen LogP contribution in [0.25, 0.3) is 0 Å². The van der Waals surface area contributed by atoms with Crippen LogP contribution in [-0.4, -0.2) is 51.3 Å². The van der Waals surface area contributed by atoms with Crippen LogP contribution >= 0.6 is 23.2 Å². The van der Waals surface area contributed by atoms with Crippen LogP contribution in [0.3, 0.4) is 0 Å². The molecule has 1 amide bonds. The topological polar surface area (TPSA) is 84.9 Å². The van der Waals surface area contributed by atoms with Gasteiger partial charge in [0.1, 0.15) is 0 Å². The number of carbonyl (C=O) groups is 1. The fourth-order valence-corrected chi connectivity index (χ4v) is 5.03. The molecular weight excluding hydrogens is 451 g/mol. The molecule has 0 aliphatic carbocycles. The zero-order valence-corrected chi connectivity index (χ0v) is 18.3. The smallest absolute Gasteiger partial charge is 0.261 e. The fourth-order valence-electron chi connectivity index (χ4n) is 3.59. The van der Waals surface area contributed by atoms with Gasteiger partial charge in [-0.3, -0.25) is 9.52 Å². The first-order chi connectivity index (χ1) is 14.3. The number of amides is 1. The average molecular weight is 471 g/mol. The highest BCUT2D eigenvalue weighted by molar-refractivity contribution is 7.92. The van der Waals surface area contributed by atoms with Gasteiger partial charge in [0.15, 0.2) is 5.79 Å². The number of halogens is 2. The van der Waals surface area contributed by atoms with E-state index in [-0.39, 0.29) is 26.5 Å². The lowest BCUT2D eigenvalue weighted by atomic mass is 10.0. The Hall–Kier alpha value is -1.84. The van der Waals surface area contributed by atoms with Gasteiger partial charge in [-0.25, -0.2) is 8.42 Å². The third-order valence-electron chi connectivity index (χ3n) is 5.19.